The quantitative estimate of drug-likeness (QED) is 0.362. The molecular weight excluding hydrogens is 510 g/mol. The molecule has 9 nitrogen and oxygen atoms in total. The molecule has 2 aliphatic rings. The number of aliphatic carboxylic acids is 1. The minimum absolute atomic E-state index is 0.0114. The van der Waals surface area contributed by atoms with Crippen LogP contribution in [0.2, 0.25) is 0 Å². The van der Waals surface area contributed by atoms with E-state index in [2.05, 4.69) is 21.9 Å². The maximum atomic E-state index is 13.6. The SMILES string of the molecule is O=C(O)CCN1C(=O)C(=Cc2c(N3CCN(Cc4ccccc4)CC3)nc3ccccn3c2=O)SC1=S. The van der Waals surface area contributed by atoms with Crippen LogP contribution in [0, 0.1) is 0 Å². The van der Waals surface area contributed by atoms with E-state index < -0.39 is 11.9 Å². The number of carbonyl (C=O) groups is 2. The van der Waals surface area contributed by atoms with Crippen LogP contribution in [0.4, 0.5) is 5.82 Å². The minimum Gasteiger partial charge on any atom is -0.481 e. The summed E-state index contributed by atoms with van der Waals surface area (Å²) in [6, 6.07) is 15.7. The number of carboxylic acids is 1. The van der Waals surface area contributed by atoms with Crippen LogP contribution in [0.5, 0.6) is 0 Å². The van der Waals surface area contributed by atoms with Crippen LogP contribution in [-0.2, 0) is 16.1 Å². The molecule has 0 radical (unpaired) electrons. The third-order valence-electron chi connectivity index (χ3n) is 6.37. The standard InChI is InChI=1S/C26H25N5O4S2/c32-22(33)9-11-31-25(35)20(37-26(31)36)16-19-23(27-21-8-4-5-10-30(21)24(19)34)29-14-12-28(13-15-29)17-18-6-2-1-3-7-18/h1-8,10,16H,9,11-15,17H2,(H,32,33). The van der Waals surface area contributed by atoms with Crippen molar-refractivity contribution < 1.29 is 14.7 Å². The average molecular weight is 536 g/mol. The van der Waals surface area contributed by atoms with Crippen LogP contribution in [0.1, 0.15) is 17.5 Å². The van der Waals surface area contributed by atoms with Crippen molar-refractivity contribution in [1.82, 2.24) is 19.2 Å². The highest BCUT2D eigenvalue weighted by Gasteiger charge is 2.33. The highest BCUT2D eigenvalue weighted by atomic mass is 32.2. The number of piperazine rings is 1. The molecule has 4 heterocycles. The van der Waals surface area contributed by atoms with Gasteiger partial charge >= 0.3 is 5.97 Å². The first-order chi connectivity index (χ1) is 17.9. The molecule has 2 fully saturated rings. The van der Waals surface area contributed by atoms with E-state index in [0.29, 0.717) is 30.1 Å². The van der Waals surface area contributed by atoms with Crippen LogP contribution >= 0.6 is 24.0 Å². The second-order valence-corrected chi connectivity index (χ2v) is 10.5. The summed E-state index contributed by atoms with van der Waals surface area (Å²) in [4.78, 5) is 48.4. The van der Waals surface area contributed by atoms with Gasteiger partial charge in [0.1, 0.15) is 15.8 Å². The summed E-state index contributed by atoms with van der Waals surface area (Å²) in [7, 11) is 0. The lowest BCUT2D eigenvalue weighted by molar-refractivity contribution is -0.137. The molecule has 2 aromatic heterocycles. The van der Waals surface area contributed by atoms with Crippen molar-refractivity contribution in [3.05, 3.63) is 81.1 Å². The molecule has 3 aromatic rings. The van der Waals surface area contributed by atoms with Crippen molar-refractivity contribution in [2.75, 3.05) is 37.6 Å². The van der Waals surface area contributed by atoms with Gasteiger partial charge in [-0.15, -0.1) is 0 Å². The molecule has 0 saturated carbocycles. The van der Waals surface area contributed by atoms with Crippen LogP contribution < -0.4 is 10.5 Å². The van der Waals surface area contributed by atoms with E-state index in [4.69, 9.17) is 22.3 Å². The molecule has 190 valence electrons. The normalized spacial score (nSPS) is 17.8. The van der Waals surface area contributed by atoms with E-state index >= 15 is 0 Å². The average Bonchev–Trinajstić information content (AvgIpc) is 3.17. The summed E-state index contributed by atoms with van der Waals surface area (Å²) < 4.78 is 1.74. The molecule has 37 heavy (non-hydrogen) atoms. The van der Waals surface area contributed by atoms with Gasteiger partial charge in [-0.1, -0.05) is 60.4 Å². The Bertz CT molecular complexity index is 1450. The first kappa shape index (κ1) is 25.1. The van der Waals surface area contributed by atoms with Crippen molar-refractivity contribution >= 4 is 57.7 Å². The number of nitrogens with zero attached hydrogens (tertiary/aromatic N) is 5. The topological polar surface area (TPSA) is 98.5 Å². The Morgan fingerprint density at radius 1 is 1.05 bits per heavy atom. The van der Waals surface area contributed by atoms with Gasteiger partial charge in [-0.2, -0.15) is 0 Å². The van der Waals surface area contributed by atoms with Crippen molar-refractivity contribution in [1.29, 1.82) is 0 Å². The third kappa shape index (κ3) is 5.43. The number of fused-ring (bicyclic) bond motifs is 1. The van der Waals surface area contributed by atoms with Crippen molar-refractivity contribution in [3.63, 3.8) is 0 Å². The van der Waals surface area contributed by atoms with Gasteiger partial charge in [0.15, 0.2) is 0 Å². The fraction of sp³-hybridized carbons (Fsp3) is 0.269. The zero-order valence-electron chi connectivity index (χ0n) is 19.9. The Morgan fingerprint density at radius 2 is 1.78 bits per heavy atom. The van der Waals surface area contributed by atoms with Gasteiger partial charge in [0.25, 0.3) is 11.5 Å². The van der Waals surface area contributed by atoms with E-state index in [9.17, 15) is 14.4 Å². The van der Waals surface area contributed by atoms with Crippen LogP contribution in [0.25, 0.3) is 11.7 Å². The molecule has 1 aromatic carbocycles. The number of rotatable bonds is 7. The van der Waals surface area contributed by atoms with Crippen LogP contribution in [0.3, 0.4) is 0 Å². The van der Waals surface area contributed by atoms with Crippen molar-refractivity contribution in [2.24, 2.45) is 0 Å². The van der Waals surface area contributed by atoms with E-state index in [0.717, 1.165) is 31.4 Å². The number of aromatic nitrogens is 2. The summed E-state index contributed by atoms with van der Waals surface area (Å²) in [6.07, 6.45) is 3.00. The summed E-state index contributed by atoms with van der Waals surface area (Å²) in [5.41, 5.74) is 1.83. The molecule has 0 bridgehead atoms. The number of benzene rings is 1. The van der Waals surface area contributed by atoms with Gasteiger partial charge < -0.3 is 10.0 Å². The van der Waals surface area contributed by atoms with Gasteiger partial charge in [0, 0.05) is 45.5 Å². The molecule has 0 atom stereocenters. The molecule has 1 amide bonds. The number of amides is 1. The summed E-state index contributed by atoms with van der Waals surface area (Å²) >= 11 is 6.39. The molecular formula is C26H25N5O4S2. The Balaban J connectivity index is 1.45. The van der Waals surface area contributed by atoms with E-state index in [1.807, 2.05) is 24.3 Å². The number of hydrogen-bond donors (Lipinski definition) is 1. The summed E-state index contributed by atoms with van der Waals surface area (Å²) in [5, 5.41) is 9.00. The van der Waals surface area contributed by atoms with Gasteiger partial charge in [-0.05, 0) is 23.8 Å². The van der Waals surface area contributed by atoms with Gasteiger partial charge in [0.2, 0.25) is 0 Å². The lowest BCUT2D eigenvalue weighted by atomic mass is 10.2. The zero-order chi connectivity index (χ0) is 25.9. The second kappa shape index (κ2) is 10.8. The fourth-order valence-corrected chi connectivity index (χ4v) is 5.74. The van der Waals surface area contributed by atoms with Gasteiger partial charge in [-0.3, -0.25) is 28.6 Å². The highest BCUT2D eigenvalue weighted by molar-refractivity contribution is 8.26. The second-order valence-electron chi connectivity index (χ2n) is 8.81. The minimum atomic E-state index is -1.01. The first-order valence-electron chi connectivity index (χ1n) is 11.9. The molecule has 0 unspecified atom stereocenters. The molecule has 5 rings (SSSR count). The number of thioether (sulfide) groups is 1. The van der Waals surface area contributed by atoms with Crippen molar-refractivity contribution in [2.45, 2.75) is 13.0 Å². The number of thiocarbonyl (C=S) groups is 1. The number of hydrogen-bond acceptors (Lipinski definition) is 8. The lowest BCUT2D eigenvalue weighted by Gasteiger charge is -2.36. The largest absolute Gasteiger partial charge is 0.481 e. The monoisotopic (exact) mass is 535 g/mol. The zero-order valence-corrected chi connectivity index (χ0v) is 21.6. The first-order valence-corrected chi connectivity index (χ1v) is 13.1. The third-order valence-corrected chi connectivity index (χ3v) is 7.75. The van der Waals surface area contributed by atoms with Crippen LogP contribution in [0.15, 0.2) is 64.4 Å². The van der Waals surface area contributed by atoms with E-state index in [1.165, 1.54) is 14.9 Å². The molecule has 2 aliphatic heterocycles. The molecule has 1 N–H and O–H groups in total. The maximum Gasteiger partial charge on any atom is 0.305 e. The number of carboxylic acid groups (broad SMARTS) is 1. The van der Waals surface area contributed by atoms with Gasteiger partial charge in [0.05, 0.1) is 16.9 Å². The summed E-state index contributed by atoms with van der Waals surface area (Å²) in [5.74, 6) is -0.873. The van der Waals surface area contributed by atoms with E-state index in [-0.39, 0.29) is 27.8 Å². The maximum absolute atomic E-state index is 13.6. The smallest absolute Gasteiger partial charge is 0.305 e. The Labute approximate surface area is 223 Å². The number of carbonyl (C=O) groups excluding carboxylic acids is 1. The molecule has 0 spiro atoms. The predicted molar refractivity (Wildman–Crippen MR) is 148 cm³/mol. The Hall–Kier alpha value is -3.54. The predicted octanol–water partition coefficient (Wildman–Crippen LogP) is 2.69. The molecule has 2 saturated heterocycles. The Kier molecular flexibility index (Phi) is 7.36. The molecule has 0 aliphatic carbocycles. The summed E-state index contributed by atoms with van der Waals surface area (Å²) in [6.45, 7) is 3.82. The number of anilines is 1. The highest BCUT2D eigenvalue weighted by Crippen LogP contribution is 2.33. The Morgan fingerprint density at radius 3 is 2.51 bits per heavy atom. The van der Waals surface area contributed by atoms with Crippen LogP contribution in [-0.4, -0.2) is 73.2 Å². The van der Waals surface area contributed by atoms with Gasteiger partial charge in [-0.25, -0.2) is 4.98 Å². The van der Waals surface area contributed by atoms with Crippen molar-refractivity contribution in [3.8, 4) is 0 Å². The number of pyridine rings is 1. The fourth-order valence-electron chi connectivity index (χ4n) is 4.45. The molecule has 11 heteroatoms. The lowest BCUT2D eigenvalue weighted by Crippen LogP contribution is -2.47. The van der Waals surface area contributed by atoms with E-state index in [1.54, 1.807) is 24.4 Å².